The van der Waals surface area contributed by atoms with Crippen LogP contribution in [0.4, 0.5) is 0 Å². The van der Waals surface area contributed by atoms with Crippen molar-refractivity contribution in [3.05, 3.63) is 0 Å². The van der Waals surface area contributed by atoms with Gasteiger partial charge in [0, 0.05) is 23.9 Å². The van der Waals surface area contributed by atoms with Gasteiger partial charge in [-0.15, -0.1) is 0 Å². The number of unbranched alkanes of at least 4 members (excludes halogenated alkanes) is 1. The zero-order chi connectivity index (χ0) is 16.9. The van der Waals surface area contributed by atoms with Gasteiger partial charge in [-0.3, -0.25) is 9.59 Å². The van der Waals surface area contributed by atoms with Crippen molar-refractivity contribution in [2.24, 2.45) is 10.8 Å². The molecule has 0 unspecified atom stereocenters. The Bertz CT molecular complexity index is 428. The van der Waals surface area contributed by atoms with Crippen molar-refractivity contribution < 1.29 is 9.59 Å². The maximum absolute atomic E-state index is 11.8. The first-order valence-electron chi connectivity index (χ1n) is 9.11. The Labute approximate surface area is 140 Å². The summed E-state index contributed by atoms with van der Waals surface area (Å²) < 4.78 is 0. The Morgan fingerprint density at radius 1 is 0.826 bits per heavy atom. The third-order valence-electron chi connectivity index (χ3n) is 5.35. The lowest BCUT2D eigenvalue weighted by Gasteiger charge is -2.17. The lowest BCUT2D eigenvalue weighted by molar-refractivity contribution is -0.126. The second-order valence-electron chi connectivity index (χ2n) is 8.00. The molecule has 23 heavy (non-hydrogen) atoms. The van der Waals surface area contributed by atoms with Crippen molar-refractivity contribution in [1.29, 1.82) is 0 Å². The first kappa shape index (κ1) is 18.2. The standard InChI is InChI=1S/C18H33N3O2/c1-17(7-8-17)15(22)19-11-4-5-13-21(3)14-6-12-20-16(23)18(2)9-10-18/h4-14H2,1-3H3,(H,19,22)(H,20,23). The van der Waals surface area contributed by atoms with E-state index in [-0.39, 0.29) is 22.6 Å². The first-order chi connectivity index (χ1) is 10.9. The summed E-state index contributed by atoms with van der Waals surface area (Å²) in [7, 11) is 2.12. The van der Waals surface area contributed by atoms with Crippen LogP contribution in [-0.2, 0) is 9.59 Å². The monoisotopic (exact) mass is 323 g/mol. The van der Waals surface area contributed by atoms with Gasteiger partial charge in [-0.05, 0) is 65.1 Å². The third kappa shape index (κ3) is 5.79. The quantitative estimate of drug-likeness (QED) is 0.571. The van der Waals surface area contributed by atoms with Crippen LogP contribution >= 0.6 is 0 Å². The molecule has 2 aliphatic rings. The summed E-state index contributed by atoms with van der Waals surface area (Å²) in [5.41, 5.74) is -0.118. The van der Waals surface area contributed by atoms with Crippen LogP contribution in [0.1, 0.15) is 58.8 Å². The van der Waals surface area contributed by atoms with E-state index in [1.54, 1.807) is 0 Å². The van der Waals surface area contributed by atoms with Crippen molar-refractivity contribution in [3.8, 4) is 0 Å². The van der Waals surface area contributed by atoms with Gasteiger partial charge in [0.2, 0.25) is 11.8 Å². The molecule has 0 atom stereocenters. The van der Waals surface area contributed by atoms with Crippen LogP contribution in [-0.4, -0.2) is 49.9 Å². The van der Waals surface area contributed by atoms with E-state index in [4.69, 9.17) is 0 Å². The van der Waals surface area contributed by atoms with Crippen LogP contribution < -0.4 is 10.6 Å². The fourth-order valence-corrected chi connectivity index (χ4v) is 2.63. The Kier molecular flexibility index (Phi) is 6.06. The lowest BCUT2D eigenvalue weighted by Crippen LogP contribution is -2.33. The van der Waals surface area contributed by atoms with Gasteiger partial charge in [0.1, 0.15) is 0 Å². The molecular weight excluding hydrogens is 290 g/mol. The minimum absolute atomic E-state index is 0.0568. The first-order valence-corrected chi connectivity index (χ1v) is 9.11. The Balaban J connectivity index is 1.40. The van der Waals surface area contributed by atoms with E-state index >= 15 is 0 Å². The SMILES string of the molecule is CN(CCCCNC(=O)C1(C)CC1)CCCNC(=O)C1(C)CC1. The number of nitrogens with zero attached hydrogens (tertiary/aromatic N) is 1. The van der Waals surface area contributed by atoms with Crippen molar-refractivity contribution in [1.82, 2.24) is 15.5 Å². The number of nitrogens with one attached hydrogen (secondary N) is 2. The van der Waals surface area contributed by atoms with E-state index in [2.05, 4.69) is 22.6 Å². The molecule has 0 heterocycles. The highest BCUT2D eigenvalue weighted by Crippen LogP contribution is 2.45. The molecule has 2 amide bonds. The van der Waals surface area contributed by atoms with Gasteiger partial charge in [0.15, 0.2) is 0 Å². The second-order valence-corrected chi connectivity index (χ2v) is 8.00. The normalized spacial score (nSPS) is 20.2. The van der Waals surface area contributed by atoms with Crippen LogP contribution in [0.2, 0.25) is 0 Å². The number of rotatable bonds is 11. The van der Waals surface area contributed by atoms with E-state index < -0.39 is 0 Å². The molecule has 2 N–H and O–H groups in total. The molecule has 0 aliphatic heterocycles. The molecule has 0 radical (unpaired) electrons. The molecule has 2 fully saturated rings. The van der Waals surface area contributed by atoms with Gasteiger partial charge in [0.25, 0.3) is 0 Å². The van der Waals surface area contributed by atoms with E-state index in [0.717, 1.165) is 71.1 Å². The highest BCUT2D eigenvalue weighted by molar-refractivity contribution is 5.85. The Morgan fingerprint density at radius 3 is 1.74 bits per heavy atom. The van der Waals surface area contributed by atoms with Crippen LogP contribution in [0.15, 0.2) is 0 Å². The fourth-order valence-electron chi connectivity index (χ4n) is 2.63. The van der Waals surface area contributed by atoms with Gasteiger partial charge in [-0.25, -0.2) is 0 Å². The Morgan fingerprint density at radius 2 is 1.26 bits per heavy atom. The van der Waals surface area contributed by atoms with E-state index in [9.17, 15) is 9.59 Å². The summed E-state index contributed by atoms with van der Waals surface area (Å²) in [5.74, 6) is 0.450. The summed E-state index contributed by atoms with van der Waals surface area (Å²) in [5, 5.41) is 6.07. The highest BCUT2D eigenvalue weighted by atomic mass is 16.2. The maximum atomic E-state index is 11.8. The smallest absolute Gasteiger partial charge is 0.225 e. The number of amides is 2. The number of carbonyl (C=O) groups is 2. The predicted octanol–water partition coefficient (Wildman–Crippen LogP) is 1.92. The van der Waals surface area contributed by atoms with Crippen LogP contribution in [0.5, 0.6) is 0 Å². The third-order valence-corrected chi connectivity index (χ3v) is 5.35. The molecule has 5 nitrogen and oxygen atoms in total. The zero-order valence-corrected chi connectivity index (χ0v) is 15.0. The minimum Gasteiger partial charge on any atom is -0.356 e. The fraction of sp³-hybridized carbons (Fsp3) is 0.889. The maximum Gasteiger partial charge on any atom is 0.225 e. The van der Waals surface area contributed by atoms with Crippen LogP contribution in [0.25, 0.3) is 0 Å². The van der Waals surface area contributed by atoms with E-state index in [1.807, 2.05) is 13.8 Å². The van der Waals surface area contributed by atoms with Crippen LogP contribution in [0, 0.1) is 10.8 Å². The van der Waals surface area contributed by atoms with Crippen molar-refractivity contribution in [3.63, 3.8) is 0 Å². The Hall–Kier alpha value is -1.10. The molecule has 2 rings (SSSR count). The highest BCUT2D eigenvalue weighted by Gasteiger charge is 2.45. The average Bonchev–Trinajstić information content (AvgIpc) is 3.43. The molecule has 132 valence electrons. The number of hydrogen-bond acceptors (Lipinski definition) is 3. The van der Waals surface area contributed by atoms with Crippen molar-refractivity contribution in [2.75, 3.05) is 33.2 Å². The molecule has 0 spiro atoms. The van der Waals surface area contributed by atoms with Gasteiger partial charge in [-0.1, -0.05) is 13.8 Å². The number of hydrogen-bond donors (Lipinski definition) is 2. The molecule has 0 aromatic carbocycles. The summed E-state index contributed by atoms with van der Waals surface area (Å²) in [6.07, 6.45) is 7.27. The molecule has 0 aromatic rings. The zero-order valence-electron chi connectivity index (χ0n) is 15.0. The molecule has 0 saturated heterocycles. The molecular formula is C18H33N3O2. The topological polar surface area (TPSA) is 61.4 Å². The predicted molar refractivity (Wildman–Crippen MR) is 92.0 cm³/mol. The molecule has 0 bridgehead atoms. The molecule has 0 aromatic heterocycles. The minimum atomic E-state index is -0.0616. The molecule has 2 aliphatic carbocycles. The second kappa shape index (κ2) is 7.65. The average molecular weight is 323 g/mol. The summed E-state index contributed by atoms with van der Waals surface area (Å²) in [6.45, 7) is 7.68. The summed E-state index contributed by atoms with van der Waals surface area (Å²) in [4.78, 5) is 25.9. The van der Waals surface area contributed by atoms with Gasteiger partial charge in [0.05, 0.1) is 0 Å². The van der Waals surface area contributed by atoms with Gasteiger partial charge >= 0.3 is 0 Å². The summed E-state index contributed by atoms with van der Waals surface area (Å²) in [6, 6.07) is 0. The van der Waals surface area contributed by atoms with Gasteiger partial charge < -0.3 is 15.5 Å². The van der Waals surface area contributed by atoms with Gasteiger partial charge in [-0.2, -0.15) is 0 Å². The lowest BCUT2D eigenvalue weighted by atomic mass is 10.1. The molecule has 5 heteroatoms. The van der Waals surface area contributed by atoms with E-state index in [1.165, 1.54) is 0 Å². The molecule has 2 saturated carbocycles. The summed E-state index contributed by atoms with van der Waals surface area (Å²) >= 11 is 0. The largest absolute Gasteiger partial charge is 0.356 e. The van der Waals surface area contributed by atoms with Crippen molar-refractivity contribution >= 4 is 11.8 Å². The van der Waals surface area contributed by atoms with Crippen LogP contribution in [0.3, 0.4) is 0 Å². The number of carbonyl (C=O) groups excluding carboxylic acids is 2. The van der Waals surface area contributed by atoms with Crippen molar-refractivity contribution in [2.45, 2.75) is 58.8 Å². The van der Waals surface area contributed by atoms with E-state index in [0.29, 0.717) is 0 Å².